The van der Waals surface area contributed by atoms with E-state index in [2.05, 4.69) is 20.3 Å². The van der Waals surface area contributed by atoms with Crippen molar-refractivity contribution in [1.82, 2.24) is 19.5 Å². The summed E-state index contributed by atoms with van der Waals surface area (Å²) in [6.07, 6.45) is 3.63. The number of carbonyl (C=O) groups excluding carboxylic acids is 1. The van der Waals surface area contributed by atoms with Crippen LogP contribution in [0.5, 0.6) is 0 Å². The summed E-state index contributed by atoms with van der Waals surface area (Å²) in [5.41, 5.74) is 1.36. The Morgan fingerprint density at radius 1 is 1.13 bits per heavy atom. The second-order valence-corrected chi connectivity index (χ2v) is 8.47. The zero-order valence-corrected chi connectivity index (χ0v) is 22.0. The topological polar surface area (TPSA) is 147 Å². The number of anilines is 2. The molecule has 13 heteroatoms. The van der Waals surface area contributed by atoms with Gasteiger partial charge < -0.3 is 29.0 Å². The Labute approximate surface area is 220 Å². The highest BCUT2D eigenvalue weighted by molar-refractivity contribution is 5.81. The molecule has 13 nitrogen and oxygen atoms in total. The first-order chi connectivity index (χ1) is 18.4. The third-order valence-electron chi connectivity index (χ3n) is 5.69. The van der Waals surface area contributed by atoms with E-state index in [1.807, 2.05) is 41.1 Å². The number of nitrogens with one attached hydrogen (secondary N) is 1. The van der Waals surface area contributed by atoms with Crippen LogP contribution in [0, 0.1) is 17.0 Å². The van der Waals surface area contributed by atoms with Crippen molar-refractivity contribution in [3.63, 3.8) is 0 Å². The van der Waals surface area contributed by atoms with E-state index in [-0.39, 0.29) is 23.7 Å². The average Bonchev–Trinajstić information content (AvgIpc) is 3.34. The molecule has 1 N–H and O–H groups in total. The zero-order chi connectivity index (χ0) is 27.5. The van der Waals surface area contributed by atoms with Gasteiger partial charge in [-0.05, 0) is 12.5 Å². The van der Waals surface area contributed by atoms with Crippen LogP contribution in [0.2, 0.25) is 0 Å². The van der Waals surface area contributed by atoms with E-state index >= 15 is 0 Å². The Bertz CT molecular complexity index is 1200. The van der Waals surface area contributed by atoms with Crippen molar-refractivity contribution in [1.29, 1.82) is 0 Å². The average molecular weight is 528 g/mol. The van der Waals surface area contributed by atoms with E-state index in [0.29, 0.717) is 44.4 Å². The number of benzene rings is 1. The summed E-state index contributed by atoms with van der Waals surface area (Å²) in [5.74, 6) is -0.291. The first-order valence-electron chi connectivity index (χ1n) is 12.0. The first-order valence-corrected chi connectivity index (χ1v) is 12.0. The van der Waals surface area contributed by atoms with Gasteiger partial charge in [-0.3, -0.25) is 10.1 Å². The Hall–Kier alpha value is -4.10. The second kappa shape index (κ2) is 14.0. The number of hydrogen-bond donors (Lipinski definition) is 1. The number of rotatable bonds is 15. The minimum Gasteiger partial charge on any atom is -0.467 e. The van der Waals surface area contributed by atoms with Crippen molar-refractivity contribution < 1.29 is 23.9 Å². The van der Waals surface area contributed by atoms with Crippen LogP contribution < -0.4 is 10.2 Å². The molecular formula is C25H33N7O6. The first kappa shape index (κ1) is 28.5. The molecule has 0 aliphatic rings. The van der Waals surface area contributed by atoms with Crippen LogP contribution in [-0.4, -0.2) is 84.1 Å². The van der Waals surface area contributed by atoms with Crippen molar-refractivity contribution in [3.05, 3.63) is 70.1 Å². The lowest BCUT2D eigenvalue weighted by atomic mass is 10.1. The standard InChI is InChI=1S/C25H33N7O6/c1-18-27-23(22(32(34)35)24(28-18)31(10-12-36-2)11-13-37-3)29-21(25(33)38-4)14-20-16-30(17-26-20)15-19-8-6-5-7-9-19/h5-9,16-17,21H,10-15H2,1-4H3,(H,27,28,29)/t21-/m0/s1. The van der Waals surface area contributed by atoms with Gasteiger partial charge in [-0.25, -0.2) is 19.7 Å². The highest BCUT2D eigenvalue weighted by atomic mass is 16.6. The maximum Gasteiger partial charge on any atom is 0.353 e. The lowest BCUT2D eigenvalue weighted by Crippen LogP contribution is -2.35. The number of esters is 1. The molecule has 0 unspecified atom stereocenters. The number of ether oxygens (including phenoxy) is 3. The molecule has 0 radical (unpaired) electrons. The highest BCUT2D eigenvalue weighted by Crippen LogP contribution is 2.33. The molecule has 2 aromatic heterocycles. The third-order valence-corrected chi connectivity index (χ3v) is 5.69. The summed E-state index contributed by atoms with van der Waals surface area (Å²) in [5, 5.41) is 15.2. The fourth-order valence-electron chi connectivity index (χ4n) is 3.87. The normalized spacial score (nSPS) is 11.7. The van der Waals surface area contributed by atoms with Gasteiger partial charge in [0.05, 0.1) is 37.3 Å². The van der Waals surface area contributed by atoms with Crippen LogP contribution in [0.4, 0.5) is 17.3 Å². The number of carbonyl (C=O) groups is 1. The lowest BCUT2D eigenvalue weighted by Gasteiger charge is -2.24. The molecule has 1 aromatic carbocycles. The van der Waals surface area contributed by atoms with Crippen LogP contribution in [-0.2, 0) is 32.0 Å². The summed E-state index contributed by atoms with van der Waals surface area (Å²) in [6.45, 7) is 3.57. The summed E-state index contributed by atoms with van der Waals surface area (Å²) in [7, 11) is 4.35. The van der Waals surface area contributed by atoms with Crippen LogP contribution in [0.25, 0.3) is 0 Å². The van der Waals surface area contributed by atoms with Gasteiger partial charge in [0.25, 0.3) is 0 Å². The summed E-state index contributed by atoms with van der Waals surface area (Å²) >= 11 is 0. The molecule has 0 fully saturated rings. The van der Waals surface area contributed by atoms with Gasteiger partial charge in [0.2, 0.25) is 11.6 Å². The molecule has 0 saturated carbocycles. The molecule has 0 aliphatic heterocycles. The van der Waals surface area contributed by atoms with Crippen LogP contribution in [0.1, 0.15) is 17.1 Å². The van der Waals surface area contributed by atoms with E-state index < -0.39 is 16.9 Å². The Balaban J connectivity index is 1.90. The molecule has 3 aromatic rings. The molecule has 0 amide bonds. The maximum absolute atomic E-state index is 12.7. The molecule has 3 rings (SSSR count). The van der Waals surface area contributed by atoms with E-state index in [9.17, 15) is 14.9 Å². The van der Waals surface area contributed by atoms with Gasteiger partial charge in [-0.1, -0.05) is 30.3 Å². The molecule has 2 heterocycles. The van der Waals surface area contributed by atoms with Crippen LogP contribution >= 0.6 is 0 Å². The van der Waals surface area contributed by atoms with Gasteiger partial charge in [0.1, 0.15) is 11.9 Å². The molecule has 1 atom stereocenters. The SMILES string of the molecule is COCCN(CCOC)c1nc(C)nc(N[C@@H](Cc2cn(Cc3ccccc3)cn2)C(=O)OC)c1[N+](=O)[O-]. The number of imidazole rings is 1. The number of hydrogen-bond acceptors (Lipinski definition) is 11. The number of nitrogens with zero attached hydrogens (tertiary/aromatic N) is 6. The van der Waals surface area contributed by atoms with Crippen molar-refractivity contribution in [2.24, 2.45) is 0 Å². The fraction of sp³-hybridized carbons (Fsp3) is 0.440. The van der Waals surface area contributed by atoms with Gasteiger partial charge in [-0.15, -0.1) is 0 Å². The van der Waals surface area contributed by atoms with Crippen molar-refractivity contribution in [2.45, 2.75) is 25.9 Å². The lowest BCUT2D eigenvalue weighted by molar-refractivity contribution is -0.383. The summed E-state index contributed by atoms with van der Waals surface area (Å²) in [6, 6.07) is 8.91. The smallest absolute Gasteiger partial charge is 0.353 e. The Morgan fingerprint density at radius 3 is 2.42 bits per heavy atom. The quantitative estimate of drug-likeness (QED) is 0.176. The van der Waals surface area contributed by atoms with Crippen molar-refractivity contribution in [3.8, 4) is 0 Å². The highest BCUT2D eigenvalue weighted by Gasteiger charge is 2.31. The van der Waals surface area contributed by atoms with Gasteiger partial charge in [0, 0.05) is 46.5 Å². The Morgan fingerprint density at radius 2 is 1.82 bits per heavy atom. The van der Waals surface area contributed by atoms with Gasteiger partial charge >= 0.3 is 11.7 Å². The second-order valence-electron chi connectivity index (χ2n) is 8.47. The van der Waals surface area contributed by atoms with E-state index in [1.165, 1.54) is 7.11 Å². The van der Waals surface area contributed by atoms with Gasteiger partial charge in [-0.2, -0.15) is 0 Å². The van der Waals surface area contributed by atoms with Crippen LogP contribution in [0.15, 0.2) is 42.9 Å². The molecule has 0 saturated heterocycles. The number of methoxy groups -OCH3 is 3. The predicted octanol–water partition coefficient (Wildman–Crippen LogP) is 2.23. The van der Waals surface area contributed by atoms with Crippen molar-refractivity contribution in [2.75, 3.05) is 57.8 Å². The predicted molar refractivity (Wildman–Crippen MR) is 140 cm³/mol. The summed E-state index contributed by atoms with van der Waals surface area (Å²) < 4.78 is 17.2. The fourth-order valence-corrected chi connectivity index (χ4v) is 3.87. The molecule has 0 spiro atoms. The zero-order valence-electron chi connectivity index (χ0n) is 22.0. The van der Waals surface area contributed by atoms with E-state index in [0.717, 1.165) is 5.56 Å². The maximum atomic E-state index is 12.7. The molecular weight excluding hydrogens is 494 g/mol. The molecule has 0 aliphatic carbocycles. The molecule has 38 heavy (non-hydrogen) atoms. The minimum atomic E-state index is -0.979. The largest absolute Gasteiger partial charge is 0.467 e. The van der Waals surface area contributed by atoms with Crippen molar-refractivity contribution >= 4 is 23.3 Å². The number of aromatic nitrogens is 4. The minimum absolute atomic E-state index is 0.0866. The van der Waals surface area contributed by atoms with Gasteiger partial charge in [0.15, 0.2) is 0 Å². The number of nitro groups is 1. The number of aryl methyl sites for hydroxylation is 1. The molecule has 0 bridgehead atoms. The third kappa shape index (κ3) is 7.70. The van der Waals surface area contributed by atoms with E-state index in [4.69, 9.17) is 14.2 Å². The Kier molecular flexibility index (Phi) is 10.5. The van der Waals surface area contributed by atoms with E-state index in [1.54, 1.807) is 32.4 Å². The monoisotopic (exact) mass is 527 g/mol. The van der Waals surface area contributed by atoms with Crippen LogP contribution in [0.3, 0.4) is 0 Å². The summed E-state index contributed by atoms with van der Waals surface area (Å²) in [4.78, 5) is 39.1. The molecule has 204 valence electrons.